The number of rotatable bonds is 6. The molecular weight excluding hydrogens is 404 g/mol. The van der Waals surface area contributed by atoms with Gasteiger partial charge in [0, 0.05) is 17.7 Å². The summed E-state index contributed by atoms with van der Waals surface area (Å²) in [5, 5.41) is 2.71. The van der Waals surface area contributed by atoms with E-state index in [9.17, 15) is 13.2 Å². The molecule has 0 unspecified atom stereocenters. The summed E-state index contributed by atoms with van der Waals surface area (Å²) in [5.74, 6) is 0.242. The van der Waals surface area contributed by atoms with Gasteiger partial charge in [-0.1, -0.05) is 30.3 Å². The lowest BCUT2D eigenvalue weighted by molar-refractivity contribution is -0.117. The van der Waals surface area contributed by atoms with Crippen LogP contribution in [0.15, 0.2) is 47.4 Å². The standard InChI is InChI=1S/C22H26N2O5S/c1-14(2)23-22(25)21-15(3)17-11-19(28-4)20(29-5)12-18(17)24(30(21,26)27)13-16-9-7-6-8-10-16/h6-12,14H,13H2,1-5H3,(H,23,25). The molecule has 1 aliphatic rings. The molecule has 0 saturated carbocycles. The first kappa shape index (κ1) is 21.7. The number of nitrogens with zero attached hydrogens (tertiary/aromatic N) is 1. The number of benzene rings is 2. The first-order valence-electron chi connectivity index (χ1n) is 9.55. The van der Waals surface area contributed by atoms with Gasteiger partial charge in [-0.05, 0) is 38.0 Å². The molecule has 1 aliphatic heterocycles. The maximum absolute atomic E-state index is 13.6. The zero-order chi connectivity index (χ0) is 22.1. The van der Waals surface area contributed by atoms with E-state index in [1.165, 1.54) is 18.5 Å². The van der Waals surface area contributed by atoms with Crippen molar-refractivity contribution in [3.05, 3.63) is 58.5 Å². The van der Waals surface area contributed by atoms with Crippen molar-refractivity contribution in [3.63, 3.8) is 0 Å². The molecule has 0 fully saturated rings. The van der Waals surface area contributed by atoms with Crippen LogP contribution in [0.1, 0.15) is 31.9 Å². The minimum absolute atomic E-state index is 0.0807. The summed E-state index contributed by atoms with van der Waals surface area (Å²) in [7, 11) is -1.11. The Hall–Kier alpha value is -3.00. The Morgan fingerprint density at radius 2 is 1.67 bits per heavy atom. The van der Waals surface area contributed by atoms with E-state index in [-0.39, 0.29) is 17.5 Å². The molecule has 1 N–H and O–H groups in total. The summed E-state index contributed by atoms with van der Waals surface area (Å²) < 4.78 is 39.2. The van der Waals surface area contributed by atoms with Gasteiger partial charge < -0.3 is 14.8 Å². The van der Waals surface area contributed by atoms with Crippen LogP contribution < -0.4 is 19.1 Å². The highest BCUT2D eigenvalue weighted by atomic mass is 32.2. The summed E-state index contributed by atoms with van der Waals surface area (Å²) >= 11 is 0. The molecule has 0 aliphatic carbocycles. The number of fused-ring (bicyclic) bond motifs is 1. The van der Waals surface area contributed by atoms with Crippen LogP contribution in [0.3, 0.4) is 0 Å². The summed E-state index contributed by atoms with van der Waals surface area (Å²) in [6.45, 7) is 5.29. The number of hydrogen-bond acceptors (Lipinski definition) is 5. The lowest BCUT2D eigenvalue weighted by Gasteiger charge is -2.33. The van der Waals surface area contributed by atoms with Crippen molar-refractivity contribution in [1.82, 2.24) is 5.32 Å². The molecule has 2 aromatic carbocycles. The molecule has 0 bridgehead atoms. The smallest absolute Gasteiger partial charge is 0.270 e. The molecule has 1 heterocycles. The summed E-state index contributed by atoms with van der Waals surface area (Å²) in [4.78, 5) is 12.6. The fraction of sp³-hybridized carbons (Fsp3) is 0.318. The molecule has 1 amide bonds. The fourth-order valence-corrected chi connectivity index (χ4v) is 5.20. The van der Waals surface area contributed by atoms with Gasteiger partial charge in [0.2, 0.25) is 0 Å². The Labute approximate surface area is 177 Å². The summed E-state index contributed by atoms with van der Waals surface area (Å²) in [6.07, 6.45) is 0. The maximum atomic E-state index is 13.6. The van der Waals surface area contributed by atoms with Crippen molar-refractivity contribution in [2.75, 3.05) is 18.5 Å². The Bertz CT molecular complexity index is 1090. The van der Waals surface area contributed by atoms with Crippen LogP contribution >= 0.6 is 0 Å². The van der Waals surface area contributed by atoms with Gasteiger partial charge in [0.1, 0.15) is 0 Å². The number of carbonyl (C=O) groups is 1. The topological polar surface area (TPSA) is 84.9 Å². The number of sulfonamides is 1. The summed E-state index contributed by atoms with van der Waals surface area (Å²) in [5.41, 5.74) is 2.21. The maximum Gasteiger partial charge on any atom is 0.270 e. The molecule has 0 saturated heterocycles. The Balaban J connectivity index is 2.27. The normalized spacial score (nSPS) is 15.1. The van der Waals surface area contributed by atoms with Crippen molar-refractivity contribution in [2.24, 2.45) is 0 Å². The second kappa shape index (κ2) is 8.39. The molecule has 0 spiro atoms. The Morgan fingerprint density at radius 1 is 1.07 bits per heavy atom. The monoisotopic (exact) mass is 430 g/mol. The van der Waals surface area contributed by atoms with Crippen LogP contribution in [-0.2, 0) is 21.4 Å². The van der Waals surface area contributed by atoms with Gasteiger partial charge in [-0.25, -0.2) is 8.42 Å². The van der Waals surface area contributed by atoms with E-state index < -0.39 is 15.9 Å². The van der Waals surface area contributed by atoms with Gasteiger partial charge in [-0.2, -0.15) is 0 Å². The average Bonchev–Trinajstić information content (AvgIpc) is 2.70. The van der Waals surface area contributed by atoms with Crippen molar-refractivity contribution in [3.8, 4) is 11.5 Å². The third-order valence-electron chi connectivity index (χ3n) is 4.86. The van der Waals surface area contributed by atoms with Gasteiger partial charge in [0.05, 0.1) is 26.5 Å². The van der Waals surface area contributed by atoms with Crippen LogP contribution in [0.2, 0.25) is 0 Å². The van der Waals surface area contributed by atoms with Crippen molar-refractivity contribution in [1.29, 1.82) is 0 Å². The van der Waals surface area contributed by atoms with Crippen LogP contribution in [0.4, 0.5) is 5.69 Å². The number of allylic oxidation sites excluding steroid dienone is 1. The van der Waals surface area contributed by atoms with Crippen LogP contribution in [0, 0.1) is 0 Å². The van der Waals surface area contributed by atoms with Crippen LogP contribution in [0.25, 0.3) is 5.57 Å². The largest absolute Gasteiger partial charge is 0.493 e. The van der Waals surface area contributed by atoms with Crippen molar-refractivity contribution >= 4 is 27.2 Å². The number of nitrogens with one attached hydrogen (secondary N) is 1. The molecular formula is C22H26N2O5S. The van der Waals surface area contributed by atoms with Gasteiger partial charge in [-0.15, -0.1) is 0 Å². The molecule has 2 aromatic rings. The van der Waals surface area contributed by atoms with Gasteiger partial charge in [0.25, 0.3) is 15.9 Å². The Morgan fingerprint density at radius 3 is 2.23 bits per heavy atom. The third-order valence-corrected chi connectivity index (χ3v) is 6.77. The first-order valence-corrected chi connectivity index (χ1v) is 11.0. The number of amides is 1. The van der Waals surface area contributed by atoms with E-state index in [1.54, 1.807) is 32.9 Å². The number of anilines is 1. The molecule has 7 nitrogen and oxygen atoms in total. The van der Waals surface area contributed by atoms with Gasteiger partial charge >= 0.3 is 0 Å². The fourth-order valence-electron chi connectivity index (χ4n) is 3.46. The third kappa shape index (κ3) is 3.87. The number of carbonyl (C=O) groups excluding carboxylic acids is 1. The Kier molecular flexibility index (Phi) is 6.07. The number of hydrogen-bond donors (Lipinski definition) is 1. The van der Waals surface area contributed by atoms with Crippen LogP contribution in [-0.4, -0.2) is 34.6 Å². The zero-order valence-electron chi connectivity index (χ0n) is 17.7. The highest BCUT2D eigenvalue weighted by molar-refractivity contribution is 7.97. The minimum Gasteiger partial charge on any atom is -0.493 e. The molecule has 160 valence electrons. The van der Waals surface area contributed by atoms with Gasteiger partial charge in [-0.3, -0.25) is 9.10 Å². The van der Waals surface area contributed by atoms with Crippen molar-refractivity contribution < 1.29 is 22.7 Å². The van der Waals surface area contributed by atoms with Crippen molar-refractivity contribution in [2.45, 2.75) is 33.4 Å². The molecule has 0 atom stereocenters. The molecule has 0 radical (unpaired) electrons. The van der Waals surface area contributed by atoms with E-state index in [4.69, 9.17) is 9.47 Å². The number of ether oxygens (including phenoxy) is 2. The highest BCUT2D eigenvalue weighted by Crippen LogP contribution is 2.45. The van der Waals surface area contributed by atoms with E-state index in [2.05, 4.69) is 5.32 Å². The minimum atomic E-state index is -4.11. The predicted octanol–water partition coefficient (Wildman–Crippen LogP) is 3.31. The van der Waals surface area contributed by atoms with E-state index in [0.717, 1.165) is 5.56 Å². The molecule has 0 aromatic heterocycles. The average molecular weight is 431 g/mol. The molecule has 8 heteroatoms. The van der Waals surface area contributed by atoms with E-state index in [1.807, 2.05) is 30.3 Å². The SMILES string of the molecule is COc1cc2c(cc1OC)N(Cc1ccccc1)S(=O)(=O)C(C(=O)NC(C)C)=C2C. The van der Waals surface area contributed by atoms with E-state index in [0.29, 0.717) is 28.3 Å². The zero-order valence-corrected chi connectivity index (χ0v) is 18.5. The quantitative estimate of drug-likeness (QED) is 0.760. The van der Waals surface area contributed by atoms with E-state index >= 15 is 0 Å². The second-order valence-electron chi connectivity index (χ2n) is 7.30. The predicted molar refractivity (Wildman–Crippen MR) is 117 cm³/mol. The lowest BCUT2D eigenvalue weighted by Crippen LogP contribution is -2.42. The summed E-state index contributed by atoms with van der Waals surface area (Å²) in [6, 6.07) is 12.4. The van der Waals surface area contributed by atoms with Gasteiger partial charge in [0.15, 0.2) is 16.4 Å². The number of methoxy groups -OCH3 is 2. The first-order chi connectivity index (χ1) is 14.2. The van der Waals surface area contributed by atoms with Crippen LogP contribution in [0.5, 0.6) is 11.5 Å². The highest BCUT2D eigenvalue weighted by Gasteiger charge is 2.40. The second-order valence-corrected chi connectivity index (χ2v) is 9.10. The lowest BCUT2D eigenvalue weighted by atomic mass is 10.0. The molecule has 30 heavy (non-hydrogen) atoms. The molecule has 3 rings (SSSR count).